The molecule has 0 N–H and O–H groups in total. The van der Waals surface area contributed by atoms with Gasteiger partial charge in [-0.15, -0.1) is 0 Å². The maximum absolute atomic E-state index is 12.8. The van der Waals surface area contributed by atoms with Crippen LogP contribution in [0.3, 0.4) is 0 Å². The van der Waals surface area contributed by atoms with Gasteiger partial charge in [-0.3, -0.25) is 9.59 Å². The largest absolute Gasteiger partial charge is 0.299 e. The summed E-state index contributed by atoms with van der Waals surface area (Å²) in [5, 5.41) is 0. The van der Waals surface area contributed by atoms with Gasteiger partial charge in [0, 0.05) is 18.3 Å². The van der Waals surface area contributed by atoms with Crippen LogP contribution in [0.4, 0.5) is 0 Å². The normalized spacial score (nSPS) is 41.5. The van der Waals surface area contributed by atoms with E-state index < -0.39 is 0 Å². The Morgan fingerprint density at radius 3 is 2.67 bits per heavy atom. The fourth-order valence-electron chi connectivity index (χ4n) is 6.65. The molecule has 0 aromatic heterocycles. The van der Waals surface area contributed by atoms with Gasteiger partial charge in [-0.05, 0) is 79.4 Å². The molecular weight excluding hydrogens is 296 g/mol. The molecule has 0 aliphatic heterocycles. The molecule has 130 valence electrons. The third kappa shape index (κ3) is 2.01. The number of carbonyl (C=O) groups excluding carboxylic acids is 2. The SMILES string of the molecule is CCC(=O)[C@@]1(C)CC[C@H]2[C@@H]3CCC4=CC(=O)CCC4=C3CCC21C. The van der Waals surface area contributed by atoms with Gasteiger partial charge in [0.2, 0.25) is 0 Å². The number of ketones is 2. The van der Waals surface area contributed by atoms with Crippen LogP contribution in [-0.4, -0.2) is 11.6 Å². The molecule has 4 atom stereocenters. The molecule has 0 aromatic rings. The van der Waals surface area contributed by atoms with Gasteiger partial charge >= 0.3 is 0 Å². The maximum atomic E-state index is 12.8. The Morgan fingerprint density at radius 1 is 1.12 bits per heavy atom. The van der Waals surface area contributed by atoms with Crippen LogP contribution in [0.25, 0.3) is 0 Å². The zero-order valence-electron chi connectivity index (χ0n) is 15.4. The number of rotatable bonds is 2. The molecular formula is C22H30O2. The first-order valence-electron chi connectivity index (χ1n) is 9.89. The van der Waals surface area contributed by atoms with Crippen LogP contribution in [0.5, 0.6) is 0 Å². The van der Waals surface area contributed by atoms with E-state index in [1.54, 1.807) is 5.57 Å². The fourth-order valence-corrected chi connectivity index (χ4v) is 6.65. The Labute approximate surface area is 145 Å². The van der Waals surface area contributed by atoms with Gasteiger partial charge in [-0.25, -0.2) is 0 Å². The number of hydrogen-bond donors (Lipinski definition) is 0. The Bertz CT molecular complexity index is 667. The summed E-state index contributed by atoms with van der Waals surface area (Å²) in [4.78, 5) is 24.5. The van der Waals surface area contributed by atoms with Gasteiger partial charge in [0.25, 0.3) is 0 Å². The van der Waals surface area contributed by atoms with E-state index >= 15 is 0 Å². The van der Waals surface area contributed by atoms with Crippen LogP contribution >= 0.6 is 0 Å². The Balaban J connectivity index is 1.72. The summed E-state index contributed by atoms with van der Waals surface area (Å²) in [6.45, 7) is 6.69. The standard InChI is InChI=1S/C22H30O2/c1-4-20(24)22(3)12-10-19-18-7-5-14-13-15(23)6-8-16(14)17(18)9-11-21(19,22)2/h13,18-19H,4-12H2,1-3H3/t18-,19+,21?,22-/m1/s1. The first-order chi connectivity index (χ1) is 11.4. The average molecular weight is 326 g/mol. The Kier molecular flexibility index (Phi) is 3.67. The molecule has 1 unspecified atom stereocenters. The molecule has 24 heavy (non-hydrogen) atoms. The molecule has 0 saturated heterocycles. The van der Waals surface area contributed by atoms with Crippen LogP contribution in [0.15, 0.2) is 22.8 Å². The van der Waals surface area contributed by atoms with E-state index in [-0.39, 0.29) is 10.8 Å². The van der Waals surface area contributed by atoms with Crippen molar-refractivity contribution in [2.75, 3.05) is 0 Å². The van der Waals surface area contributed by atoms with Crippen LogP contribution in [-0.2, 0) is 9.59 Å². The minimum atomic E-state index is -0.124. The van der Waals surface area contributed by atoms with Crippen molar-refractivity contribution in [1.29, 1.82) is 0 Å². The molecule has 0 amide bonds. The summed E-state index contributed by atoms with van der Waals surface area (Å²) in [5.74, 6) is 2.11. The maximum Gasteiger partial charge on any atom is 0.156 e. The summed E-state index contributed by atoms with van der Waals surface area (Å²) in [6.07, 6.45) is 11.1. The molecule has 2 saturated carbocycles. The number of Topliss-reactive ketones (excluding diaryl/α,β-unsaturated/α-hetero) is 1. The van der Waals surface area contributed by atoms with Crippen molar-refractivity contribution in [1.82, 2.24) is 0 Å². The first-order valence-corrected chi connectivity index (χ1v) is 9.89. The molecule has 2 fully saturated rings. The lowest BCUT2D eigenvalue weighted by molar-refractivity contribution is -0.136. The Hall–Kier alpha value is -1.18. The fraction of sp³-hybridized carbons (Fsp3) is 0.727. The minimum Gasteiger partial charge on any atom is -0.299 e. The molecule has 4 rings (SSSR count). The summed E-state index contributed by atoms with van der Waals surface area (Å²) < 4.78 is 0. The lowest BCUT2D eigenvalue weighted by Gasteiger charge is -2.52. The first kappa shape index (κ1) is 16.3. The van der Waals surface area contributed by atoms with E-state index in [0.29, 0.717) is 36.2 Å². The van der Waals surface area contributed by atoms with Gasteiger partial charge < -0.3 is 0 Å². The van der Waals surface area contributed by atoms with Gasteiger partial charge in [-0.2, -0.15) is 0 Å². The van der Waals surface area contributed by atoms with E-state index in [2.05, 4.69) is 13.8 Å². The van der Waals surface area contributed by atoms with Gasteiger partial charge in [0.05, 0.1) is 0 Å². The summed E-state index contributed by atoms with van der Waals surface area (Å²) in [5.41, 5.74) is 4.58. The van der Waals surface area contributed by atoms with Crippen molar-refractivity contribution < 1.29 is 9.59 Å². The zero-order valence-corrected chi connectivity index (χ0v) is 15.4. The number of carbonyl (C=O) groups is 2. The molecule has 4 aliphatic rings. The van der Waals surface area contributed by atoms with E-state index in [1.165, 1.54) is 24.0 Å². The highest BCUT2D eigenvalue weighted by Crippen LogP contribution is 2.67. The second-order valence-corrected chi connectivity index (χ2v) is 8.96. The topological polar surface area (TPSA) is 34.1 Å². The molecule has 4 aliphatic carbocycles. The highest BCUT2D eigenvalue weighted by molar-refractivity contribution is 5.93. The lowest BCUT2D eigenvalue weighted by atomic mass is 9.51. The van der Waals surface area contributed by atoms with Crippen LogP contribution in [0, 0.1) is 22.7 Å². The van der Waals surface area contributed by atoms with E-state index in [0.717, 1.165) is 32.1 Å². The van der Waals surface area contributed by atoms with Crippen LogP contribution in [0.1, 0.15) is 78.6 Å². The summed E-state index contributed by atoms with van der Waals surface area (Å²) in [7, 11) is 0. The zero-order chi connectivity index (χ0) is 17.1. The van der Waals surface area contributed by atoms with Crippen LogP contribution in [0.2, 0.25) is 0 Å². The summed E-state index contributed by atoms with van der Waals surface area (Å²) >= 11 is 0. The van der Waals surface area contributed by atoms with Crippen molar-refractivity contribution in [3.63, 3.8) is 0 Å². The highest BCUT2D eigenvalue weighted by Gasteiger charge is 2.61. The molecule has 0 radical (unpaired) electrons. The highest BCUT2D eigenvalue weighted by atomic mass is 16.1. The minimum absolute atomic E-state index is 0.124. The molecule has 0 bridgehead atoms. The van der Waals surface area contributed by atoms with Gasteiger partial charge in [-0.1, -0.05) is 26.3 Å². The van der Waals surface area contributed by atoms with E-state index in [4.69, 9.17) is 0 Å². The second kappa shape index (κ2) is 5.41. The Morgan fingerprint density at radius 2 is 1.92 bits per heavy atom. The van der Waals surface area contributed by atoms with Crippen LogP contribution < -0.4 is 0 Å². The smallest absolute Gasteiger partial charge is 0.156 e. The van der Waals surface area contributed by atoms with E-state index in [1.807, 2.05) is 13.0 Å². The predicted molar refractivity (Wildman–Crippen MR) is 95.5 cm³/mol. The van der Waals surface area contributed by atoms with Crippen molar-refractivity contribution in [2.45, 2.75) is 78.6 Å². The second-order valence-electron chi connectivity index (χ2n) is 8.96. The number of hydrogen-bond acceptors (Lipinski definition) is 2. The molecule has 2 heteroatoms. The van der Waals surface area contributed by atoms with Crippen molar-refractivity contribution in [2.24, 2.45) is 22.7 Å². The van der Waals surface area contributed by atoms with Gasteiger partial charge in [0.15, 0.2) is 5.78 Å². The molecule has 0 spiro atoms. The van der Waals surface area contributed by atoms with Gasteiger partial charge in [0.1, 0.15) is 5.78 Å². The van der Waals surface area contributed by atoms with Crippen molar-refractivity contribution in [3.05, 3.63) is 22.8 Å². The molecule has 0 heterocycles. The van der Waals surface area contributed by atoms with Crippen molar-refractivity contribution >= 4 is 11.6 Å². The van der Waals surface area contributed by atoms with Crippen molar-refractivity contribution in [3.8, 4) is 0 Å². The number of allylic oxidation sites excluding steroid dienone is 4. The quantitative estimate of drug-likeness (QED) is 0.701. The van der Waals surface area contributed by atoms with E-state index in [9.17, 15) is 9.59 Å². The molecule has 0 aromatic carbocycles. The molecule has 2 nitrogen and oxygen atoms in total. The predicted octanol–water partition coefficient (Wildman–Crippen LogP) is 5.18. The monoisotopic (exact) mass is 326 g/mol. The third-order valence-electron chi connectivity index (χ3n) is 8.27. The lowest BCUT2D eigenvalue weighted by Crippen LogP contribution is -2.47. The number of fused-ring (bicyclic) bond motifs is 4. The average Bonchev–Trinajstić information content (AvgIpc) is 2.86. The summed E-state index contributed by atoms with van der Waals surface area (Å²) in [6, 6.07) is 0. The third-order valence-corrected chi connectivity index (χ3v) is 8.27.